The van der Waals surface area contributed by atoms with Crippen molar-refractivity contribution in [1.82, 2.24) is 0 Å². The molecular formula is C8H18O. The van der Waals surface area contributed by atoms with Gasteiger partial charge in [0, 0.05) is 6.61 Å². The van der Waals surface area contributed by atoms with Gasteiger partial charge < -0.3 is 5.11 Å². The largest absolute Gasteiger partial charge is 0.396 e. The number of aliphatic hydroxyl groups is 1. The van der Waals surface area contributed by atoms with E-state index in [-0.39, 0.29) is 0 Å². The van der Waals surface area contributed by atoms with Crippen LogP contribution in [0.3, 0.4) is 0 Å². The Morgan fingerprint density at radius 3 is 2.00 bits per heavy atom. The van der Waals surface area contributed by atoms with E-state index in [1.807, 2.05) is 0 Å². The molecule has 0 saturated heterocycles. The predicted octanol–water partition coefficient (Wildman–Crippen LogP) is 2.05. The summed E-state index contributed by atoms with van der Waals surface area (Å²) in [7, 11) is 0. The van der Waals surface area contributed by atoms with Gasteiger partial charge in [-0.25, -0.2) is 0 Å². The fourth-order valence-electron chi connectivity index (χ4n) is 0.596. The zero-order valence-corrected chi connectivity index (χ0v) is 6.94. The first-order chi connectivity index (χ1) is 4.04. The number of rotatable bonds is 3. The summed E-state index contributed by atoms with van der Waals surface area (Å²) in [5, 5.41) is 8.80. The molecule has 1 nitrogen and oxygen atoms in total. The molecule has 9 heavy (non-hydrogen) atoms. The number of hydrogen-bond acceptors (Lipinski definition) is 1. The van der Waals surface area contributed by atoms with Crippen molar-refractivity contribution in [2.24, 2.45) is 11.3 Å². The lowest BCUT2D eigenvalue weighted by Crippen LogP contribution is -2.23. The molecule has 0 fully saturated rings. The summed E-state index contributed by atoms with van der Waals surface area (Å²) in [6.45, 7) is 8.93. The third-order valence-electron chi connectivity index (χ3n) is 2.52. The molecule has 1 atom stereocenters. The molecule has 1 N–H and O–H groups in total. The number of hydrogen-bond donors (Lipinski definition) is 1. The van der Waals surface area contributed by atoms with Crippen LogP contribution in [0.25, 0.3) is 0 Å². The van der Waals surface area contributed by atoms with Crippen LogP contribution in [0.5, 0.6) is 0 Å². The van der Waals surface area contributed by atoms with E-state index in [1.54, 1.807) is 0 Å². The molecule has 0 spiro atoms. The lowest BCUT2D eigenvalue weighted by Gasteiger charge is -2.28. The molecule has 56 valence electrons. The average molecular weight is 130 g/mol. The van der Waals surface area contributed by atoms with E-state index in [9.17, 15) is 0 Å². The van der Waals surface area contributed by atoms with E-state index in [4.69, 9.17) is 5.11 Å². The Morgan fingerprint density at radius 2 is 1.89 bits per heavy atom. The van der Waals surface area contributed by atoms with Gasteiger partial charge in [-0.1, -0.05) is 34.1 Å². The molecule has 0 aromatic rings. The van der Waals surface area contributed by atoms with Gasteiger partial charge >= 0.3 is 0 Å². The fraction of sp³-hybridized carbons (Fsp3) is 1.00. The van der Waals surface area contributed by atoms with Crippen LogP contribution in [0.4, 0.5) is 0 Å². The number of aliphatic hydroxyl groups excluding tert-OH is 1. The van der Waals surface area contributed by atoms with Gasteiger partial charge in [0.05, 0.1) is 0 Å². The summed E-state index contributed by atoms with van der Waals surface area (Å²) < 4.78 is 0. The van der Waals surface area contributed by atoms with Gasteiger partial charge in [-0.15, -0.1) is 0 Å². The van der Waals surface area contributed by atoms with Crippen LogP contribution in [0, 0.1) is 11.3 Å². The van der Waals surface area contributed by atoms with Crippen molar-refractivity contribution in [1.29, 1.82) is 0 Å². The Labute approximate surface area is 58.1 Å². The second-order valence-electron chi connectivity index (χ2n) is 3.43. The van der Waals surface area contributed by atoms with Crippen molar-refractivity contribution in [3.63, 3.8) is 0 Å². The zero-order valence-electron chi connectivity index (χ0n) is 6.94. The minimum Gasteiger partial charge on any atom is -0.396 e. The van der Waals surface area contributed by atoms with Gasteiger partial charge in [0.1, 0.15) is 0 Å². The van der Waals surface area contributed by atoms with Crippen molar-refractivity contribution in [3.05, 3.63) is 0 Å². The molecule has 0 amide bonds. The van der Waals surface area contributed by atoms with Gasteiger partial charge in [-0.3, -0.25) is 0 Å². The van der Waals surface area contributed by atoms with Crippen LogP contribution in [-0.2, 0) is 0 Å². The molecule has 0 heterocycles. The minimum atomic E-state index is 0.300. The smallest absolute Gasteiger partial charge is 0.0461 e. The Morgan fingerprint density at radius 1 is 1.44 bits per heavy atom. The van der Waals surface area contributed by atoms with Crippen molar-refractivity contribution < 1.29 is 5.11 Å². The maximum absolute atomic E-state index is 8.80. The average Bonchev–Trinajstić information content (AvgIpc) is 1.86. The highest BCUT2D eigenvalue weighted by Crippen LogP contribution is 2.29. The van der Waals surface area contributed by atoms with Crippen LogP contribution >= 0.6 is 0 Å². The Balaban J connectivity index is 3.80. The van der Waals surface area contributed by atoms with Crippen LogP contribution in [0.1, 0.15) is 34.1 Å². The second-order valence-corrected chi connectivity index (χ2v) is 3.43. The monoisotopic (exact) mass is 130 g/mol. The summed E-state index contributed by atoms with van der Waals surface area (Å²) in [6, 6.07) is 0. The topological polar surface area (TPSA) is 20.2 Å². The Hall–Kier alpha value is -0.0400. The molecule has 1 heteroatoms. The molecular weight excluding hydrogens is 112 g/mol. The summed E-state index contributed by atoms with van der Waals surface area (Å²) in [4.78, 5) is 0. The van der Waals surface area contributed by atoms with E-state index in [1.165, 1.54) is 0 Å². The van der Waals surface area contributed by atoms with Gasteiger partial charge in [0.25, 0.3) is 0 Å². The van der Waals surface area contributed by atoms with Gasteiger partial charge in [-0.2, -0.15) is 0 Å². The molecule has 0 saturated carbocycles. The summed E-state index contributed by atoms with van der Waals surface area (Å²) >= 11 is 0. The minimum absolute atomic E-state index is 0.300. The first-order valence-corrected chi connectivity index (χ1v) is 3.65. The van der Waals surface area contributed by atoms with Crippen LogP contribution in [-0.4, -0.2) is 11.7 Å². The van der Waals surface area contributed by atoms with Crippen molar-refractivity contribution in [2.45, 2.75) is 34.1 Å². The summed E-state index contributed by atoms with van der Waals surface area (Å²) in [6.07, 6.45) is 1.13. The van der Waals surface area contributed by atoms with E-state index in [0.29, 0.717) is 17.9 Å². The van der Waals surface area contributed by atoms with Gasteiger partial charge in [0.2, 0.25) is 0 Å². The highest BCUT2D eigenvalue weighted by molar-refractivity contribution is 4.72. The van der Waals surface area contributed by atoms with Crippen LogP contribution in [0.2, 0.25) is 0 Å². The lowest BCUT2D eigenvalue weighted by molar-refractivity contribution is 0.127. The molecule has 0 aliphatic heterocycles. The van der Waals surface area contributed by atoms with Crippen LogP contribution in [0.15, 0.2) is 0 Å². The first kappa shape index (κ1) is 8.96. The highest BCUT2D eigenvalue weighted by Gasteiger charge is 2.22. The Bertz CT molecular complexity index is 76.6. The molecule has 0 aromatic carbocycles. The first-order valence-electron chi connectivity index (χ1n) is 3.65. The third-order valence-corrected chi connectivity index (χ3v) is 2.52. The SMILES string of the molecule is CCC(C)(C)[C@H](C)CO. The standard InChI is InChI=1S/C8H18O/c1-5-8(3,4)7(2)6-9/h7,9H,5-6H2,1-4H3/t7-/m1/s1. The quantitative estimate of drug-likeness (QED) is 0.620. The third kappa shape index (κ3) is 2.35. The predicted molar refractivity (Wildman–Crippen MR) is 40.3 cm³/mol. The zero-order chi connectivity index (χ0) is 7.49. The second kappa shape index (κ2) is 3.21. The van der Waals surface area contributed by atoms with Crippen molar-refractivity contribution in [2.75, 3.05) is 6.61 Å². The van der Waals surface area contributed by atoms with Gasteiger partial charge in [-0.05, 0) is 11.3 Å². The van der Waals surface area contributed by atoms with E-state index < -0.39 is 0 Å². The van der Waals surface area contributed by atoms with Crippen molar-refractivity contribution >= 4 is 0 Å². The van der Waals surface area contributed by atoms with E-state index in [2.05, 4.69) is 27.7 Å². The highest BCUT2D eigenvalue weighted by atomic mass is 16.3. The molecule has 0 aliphatic rings. The summed E-state index contributed by atoms with van der Waals surface area (Å²) in [5.41, 5.74) is 0.300. The van der Waals surface area contributed by atoms with Crippen molar-refractivity contribution in [3.8, 4) is 0 Å². The molecule has 0 bridgehead atoms. The fourth-order valence-corrected chi connectivity index (χ4v) is 0.596. The molecule has 0 unspecified atom stereocenters. The maximum atomic E-state index is 8.80. The van der Waals surface area contributed by atoms with E-state index >= 15 is 0 Å². The van der Waals surface area contributed by atoms with E-state index in [0.717, 1.165) is 6.42 Å². The molecule has 0 aliphatic carbocycles. The maximum Gasteiger partial charge on any atom is 0.0461 e. The Kier molecular flexibility index (Phi) is 3.20. The molecule has 0 aromatic heterocycles. The van der Waals surface area contributed by atoms with Gasteiger partial charge in [0.15, 0.2) is 0 Å². The van der Waals surface area contributed by atoms with Crippen LogP contribution < -0.4 is 0 Å². The molecule has 0 radical (unpaired) electrons. The molecule has 0 rings (SSSR count). The lowest BCUT2D eigenvalue weighted by atomic mass is 9.78. The normalized spacial score (nSPS) is 15.7. The summed E-state index contributed by atoms with van der Waals surface area (Å²) in [5.74, 6) is 0.419.